The molecule has 2 aromatic heterocycles. The summed E-state index contributed by atoms with van der Waals surface area (Å²) in [6.07, 6.45) is 3.32. The van der Waals surface area contributed by atoms with Gasteiger partial charge >= 0.3 is 5.97 Å². The van der Waals surface area contributed by atoms with Gasteiger partial charge in [-0.15, -0.1) is 0 Å². The molecule has 0 aliphatic heterocycles. The smallest absolute Gasteiger partial charge is 0.337 e. The van der Waals surface area contributed by atoms with Crippen LogP contribution in [-0.2, 0) is 0 Å². The summed E-state index contributed by atoms with van der Waals surface area (Å²) in [5, 5.41) is 13.2. The molecule has 0 saturated heterocycles. The van der Waals surface area contributed by atoms with Gasteiger partial charge < -0.3 is 5.11 Å². The second kappa shape index (κ2) is 3.63. The minimum Gasteiger partial charge on any atom is -0.478 e. The van der Waals surface area contributed by atoms with Crippen LogP contribution in [0.1, 0.15) is 41.3 Å². The Morgan fingerprint density at radius 2 is 2.19 bits per heavy atom. The SMILES string of the molecule is Cc1cc2c(C(C)C)c(C(=O)O)cnn2c1. The van der Waals surface area contributed by atoms with Crippen molar-refractivity contribution in [3.8, 4) is 0 Å². The second-order valence-corrected chi connectivity index (χ2v) is 4.28. The zero-order chi connectivity index (χ0) is 11.9. The van der Waals surface area contributed by atoms with Crippen molar-refractivity contribution in [2.75, 3.05) is 0 Å². The number of nitrogens with zero attached hydrogens (tertiary/aromatic N) is 2. The van der Waals surface area contributed by atoms with Gasteiger partial charge in [-0.1, -0.05) is 13.8 Å². The first-order chi connectivity index (χ1) is 7.50. The third kappa shape index (κ3) is 1.56. The Labute approximate surface area is 93.5 Å². The zero-order valence-corrected chi connectivity index (χ0v) is 9.56. The van der Waals surface area contributed by atoms with Crippen LogP contribution in [0.5, 0.6) is 0 Å². The minimum absolute atomic E-state index is 0.158. The third-order valence-electron chi connectivity index (χ3n) is 2.62. The molecule has 4 heteroatoms. The van der Waals surface area contributed by atoms with Crippen LogP contribution in [-0.4, -0.2) is 20.7 Å². The largest absolute Gasteiger partial charge is 0.478 e. The molecule has 0 aromatic carbocycles. The van der Waals surface area contributed by atoms with E-state index in [0.717, 1.165) is 16.6 Å². The number of fused-ring (bicyclic) bond motifs is 1. The lowest BCUT2D eigenvalue weighted by atomic mass is 9.98. The number of carboxylic acid groups (broad SMARTS) is 1. The van der Waals surface area contributed by atoms with Gasteiger partial charge in [0.05, 0.1) is 17.3 Å². The highest BCUT2D eigenvalue weighted by atomic mass is 16.4. The van der Waals surface area contributed by atoms with Gasteiger partial charge in [-0.3, -0.25) is 0 Å². The zero-order valence-electron chi connectivity index (χ0n) is 9.56. The molecule has 0 radical (unpaired) electrons. The summed E-state index contributed by atoms with van der Waals surface area (Å²) >= 11 is 0. The number of carboxylic acids is 1. The van der Waals surface area contributed by atoms with Crippen molar-refractivity contribution in [1.29, 1.82) is 0 Å². The van der Waals surface area contributed by atoms with Crippen molar-refractivity contribution in [2.24, 2.45) is 0 Å². The first-order valence-corrected chi connectivity index (χ1v) is 5.22. The van der Waals surface area contributed by atoms with E-state index in [2.05, 4.69) is 5.10 Å². The van der Waals surface area contributed by atoms with E-state index >= 15 is 0 Å². The Bertz CT molecular complexity index is 555. The molecule has 0 unspecified atom stereocenters. The summed E-state index contributed by atoms with van der Waals surface area (Å²) in [4.78, 5) is 11.1. The van der Waals surface area contributed by atoms with Gasteiger partial charge in [0, 0.05) is 6.20 Å². The molecule has 1 N–H and O–H groups in total. The number of hydrogen-bond donors (Lipinski definition) is 1. The Hall–Kier alpha value is -1.84. The molecule has 0 spiro atoms. The lowest BCUT2D eigenvalue weighted by Crippen LogP contribution is -2.08. The number of aromatic carboxylic acids is 1. The molecule has 0 bridgehead atoms. The van der Waals surface area contributed by atoms with Gasteiger partial charge in [-0.25, -0.2) is 9.31 Å². The summed E-state index contributed by atoms with van der Waals surface area (Å²) in [5.41, 5.74) is 3.10. The highest BCUT2D eigenvalue weighted by Crippen LogP contribution is 2.25. The fourth-order valence-corrected chi connectivity index (χ4v) is 1.98. The Morgan fingerprint density at radius 3 is 2.75 bits per heavy atom. The Kier molecular flexibility index (Phi) is 2.42. The second-order valence-electron chi connectivity index (χ2n) is 4.28. The van der Waals surface area contributed by atoms with E-state index in [-0.39, 0.29) is 5.92 Å². The van der Waals surface area contributed by atoms with E-state index < -0.39 is 5.97 Å². The summed E-state index contributed by atoms with van der Waals surface area (Å²) in [7, 11) is 0. The van der Waals surface area contributed by atoms with Crippen LogP contribution in [0, 0.1) is 6.92 Å². The molecule has 84 valence electrons. The van der Waals surface area contributed by atoms with Gasteiger partial charge in [0.15, 0.2) is 0 Å². The number of rotatable bonds is 2. The van der Waals surface area contributed by atoms with E-state index in [1.54, 1.807) is 4.52 Å². The average Bonchev–Trinajstić information content (AvgIpc) is 2.55. The molecule has 16 heavy (non-hydrogen) atoms. The Morgan fingerprint density at radius 1 is 1.50 bits per heavy atom. The molecular weight excluding hydrogens is 204 g/mol. The summed E-state index contributed by atoms with van der Waals surface area (Å²) in [5.74, 6) is -0.761. The fraction of sp³-hybridized carbons (Fsp3) is 0.333. The highest BCUT2D eigenvalue weighted by Gasteiger charge is 2.17. The van der Waals surface area contributed by atoms with Crippen molar-refractivity contribution in [1.82, 2.24) is 9.61 Å². The number of carbonyl (C=O) groups is 1. The molecular formula is C12H14N2O2. The van der Waals surface area contributed by atoms with E-state index in [0.29, 0.717) is 5.56 Å². The van der Waals surface area contributed by atoms with Crippen LogP contribution in [0.4, 0.5) is 0 Å². The predicted molar refractivity (Wildman–Crippen MR) is 61.0 cm³/mol. The topological polar surface area (TPSA) is 54.6 Å². The highest BCUT2D eigenvalue weighted by molar-refractivity contribution is 5.91. The lowest BCUT2D eigenvalue weighted by molar-refractivity contribution is 0.0694. The quantitative estimate of drug-likeness (QED) is 0.842. The molecule has 0 saturated carbocycles. The van der Waals surface area contributed by atoms with Gasteiger partial charge in [0.25, 0.3) is 0 Å². The summed E-state index contributed by atoms with van der Waals surface area (Å²) in [6, 6.07) is 1.97. The molecule has 0 aliphatic rings. The van der Waals surface area contributed by atoms with E-state index in [1.807, 2.05) is 33.0 Å². The first kappa shape index (κ1) is 10.7. The molecule has 4 nitrogen and oxygen atoms in total. The number of aromatic nitrogens is 2. The van der Waals surface area contributed by atoms with Crippen LogP contribution in [0.2, 0.25) is 0 Å². The fourth-order valence-electron chi connectivity index (χ4n) is 1.98. The standard InChI is InChI=1S/C12H14N2O2/c1-7(2)11-9(12(15)16)5-13-14-6-8(3)4-10(11)14/h4-7H,1-3H3,(H,15,16). The van der Waals surface area contributed by atoms with Crippen molar-refractivity contribution in [2.45, 2.75) is 26.7 Å². The van der Waals surface area contributed by atoms with Crippen LogP contribution in [0.3, 0.4) is 0 Å². The van der Waals surface area contributed by atoms with Crippen molar-refractivity contribution >= 4 is 11.5 Å². The summed E-state index contributed by atoms with van der Waals surface area (Å²) < 4.78 is 1.73. The van der Waals surface area contributed by atoms with Crippen LogP contribution < -0.4 is 0 Å². The number of aryl methyl sites for hydroxylation is 1. The maximum absolute atomic E-state index is 11.1. The third-order valence-corrected chi connectivity index (χ3v) is 2.62. The maximum Gasteiger partial charge on any atom is 0.337 e. The van der Waals surface area contributed by atoms with Crippen molar-refractivity contribution in [3.63, 3.8) is 0 Å². The predicted octanol–water partition coefficient (Wildman–Crippen LogP) is 2.46. The molecule has 0 fully saturated rings. The van der Waals surface area contributed by atoms with Gasteiger partial charge in [0.2, 0.25) is 0 Å². The number of hydrogen-bond acceptors (Lipinski definition) is 2. The molecule has 2 aromatic rings. The normalized spacial score (nSPS) is 11.2. The molecule has 0 amide bonds. The van der Waals surface area contributed by atoms with E-state index in [9.17, 15) is 4.79 Å². The lowest BCUT2D eigenvalue weighted by Gasteiger charge is -2.11. The molecule has 2 rings (SSSR count). The molecule has 0 aliphatic carbocycles. The van der Waals surface area contributed by atoms with Gasteiger partial charge in [-0.2, -0.15) is 5.10 Å². The van der Waals surface area contributed by atoms with E-state index in [1.165, 1.54) is 6.20 Å². The van der Waals surface area contributed by atoms with Gasteiger partial charge in [-0.05, 0) is 30.0 Å². The van der Waals surface area contributed by atoms with Gasteiger partial charge in [0.1, 0.15) is 0 Å². The summed E-state index contributed by atoms with van der Waals surface area (Å²) in [6.45, 7) is 5.95. The van der Waals surface area contributed by atoms with Crippen molar-refractivity contribution < 1.29 is 9.90 Å². The van der Waals surface area contributed by atoms with Crippen LogP contribution >= 0.6 is 0 Å². The molecule has 0 atom stereocenters. The first-order valence-electron chi connectivity index (χ1n) is 5.22. The average molecular weight is 218 g/mol. The van der Waals surface area contributed by atoms with Crippen LogP contribution in [0.15, 0.2) is 18.5 Å². The Balaban J connectivity index is 2.83. The van der Waals surface area contributed by atoms with Crippen molar-refractivity contribution in [3.05, 3.63) is 35.2 Å². The van der Waals surface area contributed by atoms with Crippen LogP contribution in [0.25, 0.3) is 5.52 Å². The maximum atomic E-state index is 11.1. The monoisotopic (exact) mass is 218 g/mol. The minimum atomic E-state index is -0.919. The molecule has 2 heterocycles. The van der Waals surface area contributed by atoms with E-state index in [4.69, 9.17) is 5.11 Å².